The smallest absolute Gasteiger partial charge is 0.234 e. The van der Waals surface area contributed by atoms with Crippen LogP contribution in [0.5, 0.6) is 0 Å². The molecular weight excluding hydrogens is 176 g/mol. The lowest BCUT2D eigenvalue weighted by molar-refractivity contribution is -0.127. The maximum atomic E-state index is 10.9. The largest absolute Gasteiger partial charge is 0.368 e. The Morgan fingerprint density at radius 2 is 1.92 bits per heavy atom. The van der Waals surface area contributed by atoms with Crippen molar-refractivity contribution in [1.82, 2.24) is 4.90 Å². The normalized spacial score (nSPS) is 38.8. The summed E-state index contributed by atoms with van der Waals surface area (Å²) in [6.45, 7) is 2.16. The SMILES string of the molecule is Cl.NC(=O)C1CC2CCN1CC2. The second-order valence-corrected chi connectivity index (χ2v) is 3.63. The predicted molar refractivity (Wildman–Crippen MR) is 49.1 cm³/mol. The van der Waals surface area contributed by atoms with Gasteiger partial charge in [0.15, 0.2) is 0 Å². The number of amides is 1. The van der Waals surface area contributed by atoms with Crippen molar-refractivity contribution in [2.75, 3.05) is 13.1 Å². The van der Waals surface area contributed by atoms with Gasteiger partial charge in [0.25, 0.3) is 0 Å². The second kappa shape index (κ2) is 3.62. The number of halogens is 1. The summed E-state index contributed by atoms with van der Waals surface area (Å²) in [6, 6.07) is 0.0579. The minimum atomic E-state index is -0.130. The summed E-state index contributed by atoms with van der Waals surface area (Å²) in [6.07, 6.45) is 3.54. The average Bonchev–Trinajstić information content (AvgIpc) is 2.06. The number of nitrogens with zero attached hydrogens (tertiary/aromatic N) is 1. The van der Waals surface area contributed by atoms with Crippen molar-refractivity contribution < 1.29 is 4.79 Å². The first-order valence-electron chi connectivity index (χ1n) is 4.31. The van der Waals surface area contributed by atoms with Gasteiger partial charge in [-0.2, -0.15) is 0 Å². The van der Waals surface area contributed by atoms with E-state index in [0.717, 1.165) is 25.4 Å². The van der Waals surface area contributed by atoms with Gasteiger partial charge >= 0.3 is 0 Å². The Morgan fingerprint density at radius 3 is 2.17 bits per heavy atom. The van der Waals surface area contributed by atoms with Gasteiger partial charge in [0, 0.05) is 0 Å². The molecule has 0 aromatic rings. The third-order valence-corrected chi connectivity index (χ3v) is 2.97. The van der Waals surface area contributed by atoms with Crippen LogP contribution < -0.4 is 5.73 Å². The van der Waals surface area contributed by atoms with E-state index in [1.807, 2.05) is 0 Å². The molecule has 2 bridgehead atoms. The summed E-state index contributed by atoms with van der Waals surface area (Å²) < 4.78 is 0. The van der Waals surface area contributed by atoms with Crippen molar-refractivity contribution in [2.24, 2.45) is 11.7 Å². The van der Waals surface area contributed by atoms with Gasteiger partial charge in [0.1, 0.15) is 0 Å². The molecule has 3 fully saturated rings. The molecule has 3 heterocycles. The first kappa shape index (κ1) is 9.81. The van der Waals surface area contributed by atoms with Crippen molar-refractivity contribution in [3.05, 3.63) is 0 Å². The number of primary amides is 1. The number of fused-ring (bicyclic) bond motifs is 3. The lowest BCUT2D eigenvalue weighted by atomic mass is 9.83. The fourth-order valence-electron chi connectivity index (χ4n) is 2.26. The van der Waals surface area contributed by atoms with Crippen LogP contribution in [0.4, 0.5) is 0 Å². The predicted octanol–water partition coefficient (Wildman–Crippen LogP) is 0.378. The van der Waals surface area contributed by atoms with Crippen LogP contribution in [0.15, 0.2) is 0 Å². The maximum absolute atomic E-state index is 10.9. The van der Waals surface area contributed by atoms with E-state index in [9.17, 15) is 4.79 Å². The highest BCUT2D eigenvalue weighted by Gasteiger charge is 2.36. The van der Waals surface area contributed by atoms with Crippen LogP contribution in [0, 0.1) is 5.92 Å². The third kappa shape index (κ3) is 1.57. The summed E-state index contributed by atoms with van der Waals surface area (Å²) in [5.41, 5.74) is 5.27. The first-order chi connectivity index (χ1) is 5.27. The molecule has 1 unspecified atom stereocenters. The number of hydrogen-bond donors (Lipinski definition) is 1. The Morgan fingerprint density at radius 1 is 1.33 bits per heavy atom. The number of piperidine rings is 3. The molecule has 0 spiro atoms. The molecule has 1 amide bonds. The topological polar surface area (TPSA) is 46.3 Å². The molecule has 4 heteroatoms. The summed E-state index contributed by atoms with van der Waals surface area (Å²) in [5.74, 6) is 0.645. The van der Waals surface area contributed by atoms with Crippen LogP contribution >= 0.6 is 12.4 Å². The number of nitrogens with two attached hydrogens (primary N) is 1. The molecule has 3 saturated heterocycles. The van der Waals surface area contributed by atoms with E-state index in [1.165, 1.54) is 12.8 Å². The number of rotatable bonds is 1. The van der Waals surface area contributed by atoms with Crippen LogP contribution in [0.1, 0.15) is 19.3 Å². The zero-order chi connectivity index (χ0) is 7.84. The van der Waals surface area contributed by atoms with E-state index in [4.69, 9.17) is 5.73 Å². The monoisotopic (exact) mass is 190 g/mol. The minimum absolute atomic E-state index is 0. The minimum Gasteiger partial charge on any atom is -0.368 e. The van der Waals surface area contributed by atoms with Crippen molar-refractivity contribution in [1.29, 1.82) is 0 Å². The molecule has 2 N–H and O–H groups in total. The van der Waals surface area contributed by atoms with Crippen LogP contribution in [0.3, 0.4) is 0 Å². The third-order valence-electron chi connectivity index (χ3n) is 2.97. The van der Waals surface area contributed by atoms with Gasteiger partial charge in [0.05, 0.1) is 6.04 Å². The molecule has 1 atom stereocenters. The van der Waals surface area contributed by atoms with Gasteiger partial charge in [-0.3, -0.25) is 9.69 Å². The molecule has 0 aromatic carbocycles. The number of hydrogen-bond acceptors (Lipinski definition) is 2. The molecule has 3 rings (SSSR count). The fourth-order valence-corrected chi connectivity index (χ4v) is 2.26. The maximum Gasteiger partial charge on any atom is 0.234 e. The molecule has 0 aliphatic carbocycles. The van der Waals surface area contributed by atoms with Crippen molar-refractivity contribution >= 4 is 18.3 Å². The van der Waals surface area contributed by atoms with Gasteiger partial charge in [-0.05, 0) is 38.3 Å². The lowest BCUT2D eigenvalue weighted by Crippen LogP contribution is -2.54. The van der Waals surface area contributed by atoms with E-state index >= 15 is 0 Å². The Labute approximate surface area is 78.7 Å². The summed E-state index contributed by atoms with van der Waals surface area (Å²) in [4.78, 5) is 13.1. The van der Waals surface area contributed by atoms with E-state index in [0.29, 0.717) is 0 Å². The Hall–Kier alpha value is -0.280. The lowest BCUT2D eigenvalue weighted by Gasteiger charge is -2.43. The number of carbonyl (C=O) groups excluding carboxylic acids is 1. The molecule has 0 saturated carbocycles. The van der Waals surface area contributed by atoms with Crippen molar-refractivity contribution in [2.45, 2.75) is 25.3 Å². The van der Waals surface area contributed by atoms with E-state index in [-0.39, 0.29) is 24.4 Å². The van der Waals surface area contributed by atoms with Gasteiger partial charge in [-0.25, -0.2) is 0 Å². The molecule has 0 radical (unpaired) electrons. The first-order valence-corrected chi connectivity index (χ1v) is 4.31. The zero-order valence-electron chi connectivity index (χ0n) is 7.03. The summed E-state index contributed by atoms with van der Waals surface area (Å²) in [7, 11) is 0. The highest BCUT2D eigenvalue weighted by molar-refractivity contribution is 5.85. The number of carbonyl (C=O) groups is 1. The summed E-state index contributed by atoms with van der Waals surface area (Å²) >= 11 is 0. The molecular formula is C8H15ClN2O. The van der Waals surface area contributed by atoms with Crippen molar-refractivity contribution in [3.8, 4) is 0 Å². The Bertz CT molecular complexity index is 178. The second-order valence-electron chi connectivity index (χ2n) is 3.63. The van der Waals surface area contributed by atoms with Gasteiger partial charge < -0.3 is 5.73 Å². The molecule has 3 nitrogen and oxygen atoms in total. The zero-order valence-corrected chi connectivity index (χ0v) is 7.85. The molecule has 3 aliphatic heterocycles. The fraction of sp³-hybridized carbons (Fsp3) is 0.875. The van der Waals surface area contributed by atoms with Crippen molar-refractivity contribution in [3.63, 3.8) is 0 Å². The average molecular weight is 191 g/mol. The Kier molecular flexibility index (Phi) is 2.96. The van der Waals surface area contributed by atoms with E-state index in [2.05, 4.69) is 4.90 Å². The standard InChI is InChI=1S/C8H14N2O.ClH/c9-8(11)7-5-6-1-3-10(7)4-2-6;/h6-7H,1-5H2,(H2,9,11);1H. The Balaban J connectivity index is 0.000000720. The van der Waals surface area contributed by atoms with E-state index < -0.39 is 0 Å². The molecule has 0 aromatic heterocycles. The van der Waals surface area contributed by atoms with E-state index in [1.54, 1.807) is 0 Å². The van der Waals surface area contributed by atoms with Gasteiger partial charge in [-0.15, -0.1) is 12.4 Å². The van der Waals surface area contributed by atoms with Gasteiger partial charge in [-0.1, -0.05) is 0 Å². The molecule has 3 aliphatic rings. The highest BCUT2D eigenvalue weighted by Crippen LogP contribution is 2.31. The van der Waals surface area contributed by atoms with Gasteiger partial charge in [0.2, 0.25) is 5.91 Å². The van der Waals surface area contributed by atoms with Crippen LogP contribution in [-0.4, -0.2) is 29.9 Å². The molecule has 12 heavy (non-hydrogen) atoms. The molecule has 70 valence electrons. The van der Waals surface area contributed by atoms with Crippen LogP contribution in [0.25, 0.3) is 0 Å². The van der Waals surface area contributed by atoms with Crippen LogP contribution in [-0.2, 0) is 4.79 Å². The summed E-state index contributed by atoms with van der Waals surface area (Å²) in [5, 5.41) is 0. The quantitative estimate of drug-likeness (QED) is 0.650. The van der Waals surface area contributed by atoms with Crippen LogP contribution in [0.2, 0.25) is 0 Å². The highest BCUT2D eigenvalue weighted by atomic mass is 35.5.